The molecule has 0 aromatic carbocycles. The van der Waals surface area contributed by atoms with E-state index < -0.39 is 0 Å². The molecule has 0 spiro atoms. The molecule has 0 atom stereocenters. The highest BCUT2D eigenvalue weighted by Gasteiger charge is 2.11. The molecule has 0 saturated carbocycles. The van der Waals surface area contributed by atoms with Crippen LogP contribution in [0.15, 0.2) is 12.5 Å². The van der Waals surface area contributed by atoms with E-state index in [1.165, 1.54) is 6.33 Å². The fourth-order valence-electron chi connectivity index (χ4n) is 1.68. The first-order valence-electron chi connectivity index (χ1n) is 4.69. The molecule has 2 N–H and O–H groups in total. The second-order valence-corrected chi connectivity index (χ2v) is 3.77. The first-order chi connectivity index (χ1) is 6.61. The van der Waals surface area contributed by atoms with Crippen LogP contribution in [0.3, 0.4) is 0 Å². The number of nitrogen functional groups attached to an aromatic ring is 1. The van der Waals surface area contributed by atoms with E-state index >= 15 is 0 Å². The van der Waals surface area contributed by atoms with Crippen LogP contribution in [0.1, 0.15) is 25.5 Å². The Balaban J connectivity index is 2.86. The lowest BCUT2D eigenvalue weighted by Crippen LogP contribution is -2.02. The molecule has 74 valence electrons. The van der Waals surface area contributed by atoms with E-state index in [0.29, 0.717) is 11.9 Å². The Labute approximate surface area is 82.8 Å². The molecule has 2 aromatic heterocycles. The predicted molar refractivity (Wildman–Crippen MR) is 57.1 cm³/mol. The maximum atomic E-state index is 5.84. The van der Waals surface area contributed by atoms with Gasteiger partial charge < -0.3 is 10.3 Å². The van der Waals surface area contributed by atoms with Crippen molar-refractivity contribution >= 4 is 16.9 Å². The van der Waals surface area contributed by atoms with Crippen molar-refractivity contribution in [2.75, 3.05) is 5.73 Å². The minimum absolute atomic E-state index is 0.375. The monoisotopic (exact) mass is 190 g/mol. The molecule has 4 heteroatoms. The fraction of sp³-hybridized carbons (Fsp3) is 0.400. The maximum absolute atomic E-state index is 5.84. The molecule has 0 aliphatic heterocycles. The topological polar surface area (TPSA) is 56.7 Å². The third kappa shape index (κ3) is 1.14. The van der Waals surface area contributed by atoms with Gasteiger partial charge in [0.2, 0.25) is 0 Å². The molecule has 0 saturated heterocycles. The van der Waals surface area contributed by atoms with Crippen molar-refractivity contribution < 1.29 is 0 Å². The smallest absolute Gasteiger partial charge is 0.151 e. The van der Waals surface area contributed by atoms with E-state index in [0.717, 1.165) is 16.6 Å². The Kier molecular flexibility index (Phi) is 1.91. The molecule has 0 fully saturated rings. The highest BCUT2D eigenvalue weighted by atomic mass is 15.1. The van der Waals surface area contributed by atoms with Crippen LogP contribution < -0.4 is 5.73 Å². The van der Waals surface area contributed by atoms with Gasteiger partial charge in [0.1, 0.15) is 11.8 Å². The number of aromatic nitrogens is 3. The quantitative estimate of drug-likeness (QED) is 0.747. The van der Waals surface area contributed by atoms with Crippen molar-refractivity contribution in [3.8, 4) is 0 Å². The molecule has 0 radical (unpaired) electrons. The van der Waals surface area contributed by atoms with Crippen LogP contribution in [-0.2, 0) is 0 Å². The number of hydrogen-bond donors (Lipinski definition) is 1. The summed E-state index contributed by atoms with van der Waals surface area (Å²) in [6, 6.07) is 0.375. The Morgan fingerprint density at radius 2 is 2.07 bits per heavy atom. The van der Waals surface area contributed by atoms with Crippen LogP contribution in [0.2, 0.25) is 0 Å². The molecule has 0 amide bonds. The normalized spacial score (nSPS) is 11.4. The van der Waals surface area contributed by atoms with Gasteiger partial charge in [-0.25, -0.2) is 9.97 Å². The van der Waals surface area contributed by atoms with E-state index in [1.807, 2.05) is 6.92 Å². The Morgan fingerprint density at radius 3 is 2.71 bits per heavy atom. The summed E-state index contributed by atoms with van der Waals surface area (Å²) >= 11 is 0. The molecule has 2 aromatic rings. The maximum Gasteiger partial charge on any atom is 0.151 e. The van der Waals surface area contributed by atoms with Gasteiger partial charge in [0.15, 0.2) is 5.82 Å². The van der Waals surface area contributed by atoms with Crippen LogP contribution in [0.25, 0.3) is 11.0 Å². The van der Waals surface area contributed by atoms with Crippen molar-refractivity contribution in [3.05, 3.63) is 18.1 Å². The molecule has 0 aliphatic carbocycles. The molecule has 2 heterocycles. The average Bonchev–Trinajstić information content (AvgIpc) is 2.46. The van der Waals surface area contributed by atoms with Crippen molar-refractivity contribution in [1.82, 2.24) is 14.5 Å². The summed E-state index contributed by atoms with van der Waals surface area (Å²) in [5.41, 5.74) is 8.87. The van der Waals surface area contributed by atoms with Crippen molar-refractivity contribution in [3.63, 3.8) is 0 Å². The number of nitrogens with two attached hydrogens (primary N) is 1. The van der Waals surface area contributed by atoms with E-state index in [1.54, 1.807) is 0 Å². The van der Waals surface area contributed by atoms with Crippen molar-refractivity contribution in [1.29, 1.82) is 0 Å². The van der Waals surface area contributed by atoms with Gasteiger partial charge in [0, 0.05) is 12.2 Å². The number of hydrogen-bond acceptors (Lipinski definition) is 3. The van der Waals surface area contributed by atoms with Gasteiger partial charge in [-0.2, -0.15) is 0 Å². The van der Waals surface area contributed by atoms with Gasteiger partial charge in [-0.3, -0.25) is 0 Å². The van der Waals surface area contributed by atoms with Crippen LogP contribution in [0.5, 0.6) is 0 Å². The van der Waals surface area contributed by atoms with Crippen LogP contribution in [0.4, 0.5) is 5.82 Å². The highest BCUT2D eigenvalue weighted by molar-refractivity contribution is 5.87. The van der Waals surface area contributed by atoms with Gasteiger partial charge in [-0.15, -0.1) is 0 Å². The summed E-state index contributed by atoms with van der Waals surface area (Å²) in [5, 5.41) is 0. The van der Waals surface area contributed by atoms with Gasteiger partial charge in [-0.1, -0.05) is 0 Å². The number of fused-ring (bicyclic) bond motifs is 1. The highest BCUT2D eigenvalue weighted by Crippen LogP contribution is 2.25. The third-order valence-electron chi connectivity index (χ3n) is 2.37. The second kappa shape index (κ2) is 2.97. The van der Waals surface area contributed by atoms with Crippen molar-refractivity contribution in [2.24, 2.45) is 0 Å². The first-order valence-corrected chi connectivity index (χ1v) is 4.69. The van der Waals surface area contributed by atoms with Gasteiger partial charge >= 0.3 is 0 Å². The molecule has 0 unspecified atom stereocenters. The lowest BCUT2D eigenvalue weighted by atomic mass is 10.3. The predicted octanol–water partition coefficient (Wildman–Crippen LogP) is 1.90. The summed E-state index contributed by atoms with van der Waals surface area (Å²) in [7, 11) is 0. The molecule has 0 bridgehead atoms. The van der Waals surface area contributed by atoms with E-state index in [2.05, 4.69) is 34.6 Å². The first kappa shape index (κ1) is 8.99. The fourth-order valence-corrected chi connectivity index (χ4v) is 1.68. The number of nitrogens with zero attached hydrogens (tertiary/aromatic N) is 3. The van der Waals surface area contributed by atoms with Crippen LogP contribution >= 0.6 is 0 Å². The van der Waals surface area contributed by atoms with Crippen LogP contribution in [0, 0.1) is 6.92 Å². The lowest BCUT2D eigenvalue weighted by Gasteiger charge is -2.09. The second-order valence-electron chi connectivity index (χ2n) is 3.77. The largest absolute Gasteiger partial charge is 0.382 e. The lowest BCUT2D eigenvalue weighted by molar-refractivity contribution is 0.621. The Bertz CT molecular complexity index is 470. The Hall–Kier alpha value is -1.58. The zero-order valence-corrected chi connectivity index (χ0v) is 8.65. The standard InChI is InChI=1S/C10H14N4/c1-6(2)14-4-7(3)8-9(14)10(11)13-5-12-8/h4-6H,1-3H3,(H2,11,12,13). The zero-order valence-electron chi connectivity index (χ0n) is 8.65. The summed E-state index contributed by atoms with van der Waals surface area (Å²) in [5.74, 6) is 0.553. The number of rotatable bonds is 1. The van der Waals surface area contributed by atoms with Crippen LogP contribution in [-0.4, -0.2) is 14.5 Å². The summed E-state index contributed by atoms with van der Waals surface area (Å²) < 4.78 is 2.11. The summed E-state index contributed by atoms with van der Waals surface area (Å²) in [4.78, 5) is 8.24. The number of aryl methyl sites for hydroxylation is 1. The van der Waals surface area contributed by atoms with Gasteiger partial charge in [-0.05, 0) is 26.3 Å². The number of anilines is 1. The minimum atomic E-state index is 0.375. The van der Waals surface area contributed by atoms with Gasteiger partial charge in [0.25, 0.3) is 0 Å². The van der Waals surface area contributed by atoms with E-state index in [9.17, 15) is 0 Å². The summed E-state index contributed by atoms with van der Waals surface area (Å²) in [6.07, 6.45) is 3.58. The molecule has 14 heavy (non-hydrogen) atoms. The summed E-state index contributed by atoms with van der Waals surface area (Å²) in [6.45, 7) is 6.27. The van der Waals surface area contributed by atoms with Crippen molar-refractivity contribution in [2.45, 2.75) is 26.8 Å². The molecule has 4 nitrogen and oxygen atoms in total. The van der Waals surface area contributed by atoms with Gasteiger partial charge in [0.05, 0.1) is 5.52 Å². The molecule has 0 aliphatic rings. The van der Waals surface area contributed by atoms with E-state index in [4.69, 9.17) is 5.73 Å². The Morgan fingerprint density at radius 1 is 1.36 bits per heavy atom. The molecular formula is C10H14N4. The van der Waals surface area contributed by atoms with E-state index in [-0.39, 0.29) is 0 Å². The molecule has 2 rings (SSSR count). The SMILES string of the molecule is Cc1cn(C(C)C)c2c(N)ncnc12. The zero-order chi connectivity index (χ0) is 10.3. The third-order valence-corrected chi connectivity index (χ3v) is 2.37. The average molecular weight is 190 g/mol. The minimum Gasteiger partial charge on any atom is -0.382 e. The molecular weight excluding hydrogens is 176 g/mol.